The second kappa shape index (κ2) is 9.30. The van der Waals surface area contributed by atoms with Gasteiger partial charge in [0.25, 0.3) is 5.91 Å². The van der Waals surface area contributed by atoms with Crippen LogP contribution in [-0.2, 0) is 10.4 Å². The number of nitrogens with two attached hydrogens (primary N) is 1. The average Bonchev–Trinajstić information content (AvgIpc) is 2.60. The summed E-state index contributed by atoms with van der Waals surface area (Å²) in [6.45, 7) is 4.07. The van der Waals surface area contributed by atoms with Crippen molar-refractivity contribution in [2.24, 2.45) is 5.84 Å². The zero-order chi connectivity index (χ0) is 19.9. The van der Waals surface area contributed by atoms with E-state index in [1.807, 2.05) is 50.2 Å². The Morgan fingerprint density at radius 3 is 2.15 bits per heavy atom. The number of aromatic hydroxyl groups is 1. The van der Waals surface area contributed by atoms with Crippen LogP contribution in [0.25, 0.3) is 11.1 Å². The summed E-state index contributed by atoms with van der Waals surface area (Å²) in [7, 11) is -4.67. The van der Waals surface area contributed by atoms with Crippen molar-refractivity contribution in [3.8, 4) is 16.9 Å². The minimum Gasteiger partial charge on any atom is -0.507 e. The van der Waals surface area contributed by atoms with Crippen LogP contribution in [0.4, 0.5) is 0 Å². The maximum atomic E-state index is 11.9. The van der Waals surface area contributed by atoms with E-state index in [2.05, 4.69) is 5.43 Å². The van der Waals surface area contributed by atoms with Crippen molar-refractivity contribution in [3.63, 3.8) is 0 Å². The van der Waals surface area contributed by atoms with E-state index >= 15 is 0 Å². The molecule has 0 aliphatic rings. The van der Waals surface area contributed by atoms with Crippen LogP contribution in [0.15, 0.2) is 42.5 Å². The van der Waals surface area contributed by atoms with E-state index in [0.29, 0.717) is 0 Å². The smallest absolute Gasteiger partial charge is 0.394 e. The van der Waals surface area contributed by atoms with Gasteiger partial charge in [0.15, 0.2) is 0 Å². The zero-order valence-electron chi connectivity index (χ0n) is 14.4. The Morgan fingerprint density at radius 2 is 1.69 bits per heavy atom. The molecule has 0 heterocycles. The predicted octanol–water partition coefficient (Wildman–Crippen LogP) is 2.52. The Balaban J connectivity index is 0.000000597. The van der Waals surface area contributed by atoms with Crippen LogP contribution in [0.5, 0.6) is 5.75 Å². The molecule has 0 spiro atoms. The molecule has 9 heteroatoms. The molecule has 2 rings (SSSR count). The van der Waals surface area contributed by atoms with E-state index in [-0.39, 0.29) is 17.2 Å². The fourth-order valence-corrected chi connectivity index (χ4v) is 2.30. The number of nitrogen functional groups attached to an aromatic ring is 1. The van der Waals surface area contributed by atoms with Crippen LogP contribution < -0.4 is 11.3 Å². The third kappa shape index (κ3) is 6.45. The molecular weight excluding hydrogens is 360 g/mol. The van der Waals surface area contributed by atoms with Crippen LogP contribution in [0.1, 0.15) is 42.1 Å². The fourth-order valence-electron chi connectivity index (χ4n) is 2.30. The summed E-state index contributed by atoms with van der Waals surface area (Å²) in [5.74, 6) is 4.88. The molecule has 0 saturated heterocycles. The van der Waals surface area contributed by atoms with Gasteiger partial charge in [-0.15, -0.1) is 0 Å². The molecule has 0 aliphatic heterocycles. The second-order valence-corrected chi connectivity index (χ2v) is 6.45. The SMILES string of the molecule is CCC(C)c1cc(-c2ccccc2)cc(C(=O)NN)c1O.O=S(=O)(O)O. The molecule has 0 aromatic heterocycles. The summed E-state index contributed by atoms with van der Waals surface area (Å²) in [5.41, 5.74) is 4.94. The molecule has 0 bridgehead atoms. The Labute approximate surface area is 152 Å². The molecular formula is C17H22N2O6S. The fraction of sp³-hybridized carbons (Fsp3) is 0.235. The van der Waals surface area contributed by atoms with Gasteiger partial charge in [0, 0.05) is 0 Å². The van der Waals surface area contributed by atoms with Gasteiger partial charge in [-0.2, -0.15) is 8.42 Å². The summed E-state index contributed by atoms with van der Waals surface area (Å²) in [4.78, 5) is 11.9. The van der Waals surface area contributed by atoms with Gasteiger partial charge in [-0.05, 0) is 41.2 Å². The zero-order valence-corrected chi connectivity index (χ0v) is 15.2. The molecule has 6 N–H and O–H groups in total. The topological polar surface area (TPSA) is 150 Å². The van der Waals surface area contributed by atoms with Crippen molar-refractivity contribution in [3.05, 3.63) is 53.6 Å². The third-order valence-electron chi connectivity index (χ3n) is 3.77. The number of carbonyl (C=O) groups is 1. The normalized spacial score (nSPS) is 11.9. The third-order valence-corrected chi connectivity index (χ3v) is 3.77. The Kier molecular flexibility index (Phi) is 7.72. The van der Waals surface area contributed by atoms with E-state index in [9.17, 15) is 9.90 Å². The van der Waals surface area contributed by atoms with Gasteiger partial charge >= 0.3 is 10.4 Å². The molecule has 0 fully saturated rings. The number of benzene rings is 2. The number of amides is 1. The van der Waals surface area contributed by atoms with Crippen molar-refractivity contribution >= 4 is 16.3 Å². The maximum absolute atomic E-state index is 11.9. The number of carbonyl (C=O) groups excluding carboxylic acids is 1. The molecule has 0 radical (unpaired) electrons. The van der Waals surface area contributed by atoms with Crippen LogP contribution >= 0.6 is 0 Å². The maximum Gasteiger partial charge on any atom is 0.394 e. The second-order valence-electron chi connectivity index (χ2n) is 5.56. The highest BCUT2D eigenvalue weighted by Gasteiger charge is 2.19. The number of hydrazine groups is 1. The first-order valence-corrected chi connectivity index (χ1v) is 9.11. The van der Waals surface area contributed by atoms with E-state index in [4.69, 9.17) is 23.4 Å². The number of nitrogens with one attached hydrogen (secondary N) is 1. The highest BCUT2D eigenvalue weighted by Crippen LogP contribution is 2.35. The molecule has 1 atom stereocenters. The largest absolute Gasteiger partial charge is 0.507 e. The molecule has 1 amide bonds. The number of phenols is 1. The highest BCUT2D eigenvalue weighted by molar-refractivity contribution is 7.79. The quantitative estimate of drug-likeness (QED) is 0.236. The number of hydrogen-bond donors (Lipinski definition) is 5. The number of rotatable bonds is 4. The highest BCUT2D eigenvalue weighted by atomic mass is 32.3. The Hall–Kier alpha value is -2.46. The Bertz CT molecular complexity index is 845. The molecule has 2 aromatic carbocycles. The Morgan fingerprint density at radius 1 is 1.15 bits per heavy atom. The van der Waals surface area contributed by atoms with Gasteiger partial charge in [-0.25, -0.2) is 5.84 Å². The summed E-state index contributed by atoms with van der Waals surface area (Å²) in [5, 5.41) is 10.3. The first-order chi connectivity index (χ1) is 12.1. The number of phenolic OH excluding ortho intramolecular Hbond substituents is 1. The molecule has 142 valence electrons. The first-order valence-electron chi connectivity index (χ1n) is 7.71. The minimum atomic E-state index is -4.67. The predicted molar refractivity (Wildman–Crippen MR) is 98.1 cm³/mol. The summed E-state index contributed by atoms with van der Waals surface area (Å²) in [6.07, 6.45) is 0.871. The first kappa shape index (κ1) is 21.6. The summed E-state index contributed by atoms with van der Waals surface area (Å²) >= 11 is 0. The van der Waals surface area contributed by atoms with E-state index < -0.39 is 16.3 Å². The van der Waals surface area contributed by atoms with Crippen LogP contribution in [-0.4, -0.2) is 28.5 Å². The van der Waals surface area contributed by atoms with E-state index in [1.165, 1.54) is 0 Å². The van der Waals surface area contributed by atoms with Gasteiger partial charge in [-0.1, -0.05) is 44.2 Å². The van der Waals surface area contributed by atoms with Crippen molar-refractivity contribution in [2.75, 3.05) is 0 Å². The molecule has 8 nitrogen and oxygen atoms in total. The average molecular weight is 382 g/mol. The van der Waals surface area contributed by atoms with Gasteiger partial charge in [-0.3, -0.25) is 19.3 Å². The number of hydrogen-bond acceptors (Lipinski definition) is 5. The molecule has 2 aromatic rings. The van der Waals surface area contributed by atoms with E-state index in [1.54, 1.807) is 6.07 Å². The lowest BCUT2D eigenvalue weighted by Crippen LogP contribution is -2.30. The lowest BCUT2D eigenvalue weighted by atomic mass is 9.91. The van der Waals surface area contributed by atoms with Gasteiger partial charge < -0.3 is 5.11 Å². The van der Waals surface area contributed by atoms with Crippen LogP contribution in [0.2, 0.25) is 0 Å². The van der Waals surface area contributed by atoms with Crippen molar-refractivity contribution in [1.82, 2.24) is 5.43 Å². The molecule has 1 unspecified atom stereocenters. The lowest BCUT2D eigenvalue weighted by molar-refractivity contribution is 0.0950. The van der Waals surface area contributed by atoms with Crippen molar-refractivity contribution in [1.29, 1.82) is 0 Å². The van der Waals surface area contributed by atoms with Crippen LogP contribution in [0.3, 0.4) is 0 Å². The van der Waals surface area contributed by atoms with Crippen molar-refractivity contribution in [2.45, 2.75) is 26.2 Å². The summed E-state index contributed by atoms with van der Waals surface area (Å²) < 4.78 is 31.6. The minimum absolute atomic E-state index is 0.00646. The standard InChI is InChI=1S/C17H20N2O2.H2O4S/c1-3-11(2)14-9-13(12-7-5-4-6-8-12)10-15(16(14)20)17(21)19-18;1-5(2,3)4/h4-11,20H,3,18H2,1-2H3,(H,19,21);(H2,1,2,3,4). The van der Waals surface area contributed by atoms with Gasteiger partial charge in [0.1, 0.15) is 5.75 Å². The van der Waals surface area contributed by atoms with Gasteiger partial charge in [0.05, 0.1) is 5.56 Å². The van der Waals surface area contributed by atoms with Crippen LogP contribution in [0, 0.1) is 0 Å². The van der Waals surface area contributed by atoms with Gasteiger partial charge in [0.2, 0.25) is 0 Å². The van der Waals surface area contributed by atoms with Crippen molar-refractivity contribution < 1.29 is 27.4 Å². The molecule has 0 saturated carbocycles. The monoisotopic (exact) mass is 382 g/mol. The molecule has 0 aliphatic carbocycles. The molecule has 26 heavy (non-hydrogen) atoms. The van der Waals surface area contributed by atoms with E-state index in [0.717, 1.165) is 23.1 Å². The lowest BCUT2D eigenvalue weighted by Gasteiger charge is -2.16. The summed E-state index contributed by atoms with van der Waals surface area (Å²) in [6, 6.07) is 13.4.